The van der Waals surface area contributed by atoms with Crippen molar-refractivity contribution in [1.82, 2.24) is 9.78 Å². The molecule has 1 aliphatic rings. The van der Waals surface area contributed by atoms with E-state index < -0.39 is 0 Å². The number of nitrogens with zero attached hydrogens (tertiary/aromatic N) is 2. The van der Waals surface area contributed by atoms with Crippen LogP contribution < -0.4 is 0 Å². The zero-order valence-electron chi connectivity index (χ0n) is 11.0. The first kappa shape index (κ1) is 12.6. The van der Waals surface area contributed by atoms with Crippen LogP contribution in [-0.2, 0) is 7.05 Å². The average molecular weight is 236 g/mol. The smallest absolute Gasteiger partial charge is 0.0959 e. The maximum Gasteiger partial charge on any atom is 0.0959 e. The van der Waals surface area contributed by atoms with Gasteiger partial charge >= 0.3 is 0 Å². The Labute approximate surface area is 104 Å². The van der Waals surface area contributed by atoms with E-state index in [2.05, 4.69) is 5.10 Å². The fraction of sp³-hybridized carbons (Fsp3) is 0.786. The van der Waals surface area contributed by atoms with Gasteiger partial charge in [0.05, 0.1) is 18.0 Å². The molecule has 0 spiro atoms. The highest BCUT2D eigenvalue weighted by Crippen LogP contribution is 2.30. The maximum absolute atomic E-state index is 10.2. The summed E-state index contributed by atoms with van der Waals surface area (Å²) in [6.45, 7) is 2.02. The largest absolute Gasteiger partial charge is 0.387 e. The Morgan fingerprint density at radius 3 is 2.71 bits per heavy atom. The lowest BCUT2D eigenvalue weighted by atomic mass is 9.85. The van der Waals surface area contributed by atoms with Crippen LogP contribution in [0.15, 0.2) is 6.20 Å². The molecule has 0 radical (unpaired) electrons. The summed E-state index contributed by atoms with van der Waals surface area (Å²) in [7, 11) is 1.91. The minimum absolute atomic E-state index is 0.343. The molecule has 0 bridgehead atoms. The molecular weight excluding hydrogens is 212 g/mol. The van der Waals surface area contributed by atoms with Crippen molar-refractivity contribution < 1.29 is 5.11 Å². The monoisotopic (exact) mass is 236 g/mol. The fourth-order valence-corrected chi connectivity index (χ4v) is 3.04. The molecule has 1 fully saturated rings. The lowest BCUT2D eigenvalue weighted by Gasteiger charge is -2.22. The zero-order valence-corrected chi connectivity index (χ0v) is 11.0. The van der Waals surface area contributed by atoms with Crippen molar-refractivity contribution in [3.05, 3.63) is 17.5 Å². The van der Waals surface area contributed by atoms with Crippen molar-refractivity contribution in [3.8, 4) is 0 Å². The van der Waals surface area contributed by atoms with Crippen LogP contribution in [-0.4, -0.2) is 14.9 Å². The number of hydrogen-bond donors (Lipinski definition) is 1. The molecule has 2 rings (SSSR count). The van der Waals surface area contributed by atoms with Crippen LogP contribution in [0.3, 0.4) is 0 Å². The minimum Gasteiger partial charge on any atom is -0.387 e. The van der Waals surface area contributed by atoms with E-state index in [0.717, 1.165) is 30.0 Å². The number of aromatic nitrogens is 2. The van der Waals surface area contributed by atoms with Gasteiger partial charge in [0.25, 0.3) is 0 Å². The van der Waals surface area contributed by atoms with Gasteiger partial charge in [0, 0.05) is 7.05 Å². The van der Waals surface area contributed by atoms with E-state index >= 15 is 0 Å². The fourth-order valence-electron chi connectivity index (χ4n) is 3.04. The highest BCUT2D eigenvalue weighted by Gasteiger charge is 2.18. The van der Waals surface area contributed by atoms with Crippen LogP contribution in [0.1, 0.15) is 62.3 Å². The summed E-state index contributed by atoms with van der Waals surface area (Å²) in [5, 5.41) is 14.4. The normalized spacial score (nSPS) is 19.5. The number of aryl methyl sites for hydroxylation is 2. The van der Waals surface area contributed by atoms with E-state index in [4.69, 9.17) is 0 Å². The van der Waals surface area contributed by atoms with Crippen LogP contribution in [0, 0.1) is 12.8 Å². The second-order valence-electron chi connectivity index (χ2n) is 5.43. The van der Waals surface area contributed by atoms with E-state index in [1.165, 1.54) is 32.1 Å². The van der Waals surface area contributed by atoms with Crippen LogP contribution in [0.25, 0.3) is 0 Å². The second-order valence-corrected chi connectivity index (χ2v) is 5.43. The molecule has 3 nitrogen and oxygen atoms in total. The van der Waals surface area contributed by atoms with Crippen LogP contribution >= 0.6 is 0 Å². The summed E-state index contributed by atoms with van der Waals surface area (Å²) in [6, 6.07) is 0. The Hall–Kier alpha value is -0.830. The molecule has 0 aliphatic heterocycles. The summed E-state index contributed by atoms with van der Waals surface area (Å²) in [6.07, 6.45) is 10.4. The number of hydrogen-bond acceptors (Lipinski definition) is 2. The predicted octanol–water partition coefficient (Wildman–Crippen LogP) is 3.12. The third-order valence-corrected chi connectivity index (χ3v) is 4.07. The van der Waals surface area contributed by atoms with Crippen molar-refractivity contribution >= 4 is 0 Å². The standard InChI is InChI=1S/C14H24N2O/c1-11-10-15-16(2)14(11)13(17)9-8-12-6-4-3-5-7-12/h10,12-13,17H,3-9H2,1-2H3. The zero-order chi connectivity index (χ0) is 12.3. The van der Waals surface area contributed by atoms with Gasteiger partial charge in [0.2, 0.25) is 0 Å². The summed E-state index contributed by atoms with van der Waals surface area (Å²) in [4.78, 5) is 0. The topological polar surface area (TPSA) is 38.0 Å². The number of rotatable bonds is 4. The molecule has 1 saturated carbocycles. The number of aliphatic hydroxyl groups is 1. The molecule has 1 N–H and O–H groups in total. The molecule has 3 heteroatoms. The first-order valence-corrected chi connectivity index (χ1v) is 6.85. The molecule has 0 aromatic carbocycles. The summed E-state index contributed by atoms with van der Waals surface area (Å²) in [5.74, 6) is 0.840. The third-order valence-electron chi connectivity index (χ3n) is 4.07. The quantitative estimate of drug-likeness (QED) is 0.872. The molecule has 0 saturated heterocycles. The Bertz CT molecular complexity index is 334. The summed E-state index contributed by atoms with van der Waals surface area (Å²) >= 11 is 0. The van der Waals surface area contributed by atoms with Gasteiger partial charge in [-0.05, 0) is 31.2 Å². The molecule has 1 aliphatic carbocycles. The lowest BCUT2D eigenvalue weighted by molar-refractivity contribution is 0.142. The van der Waals surface area contributed by atoms with Gasteiger partial charge in [-0.1, -0.05) is 32.1 Å². The molecule has 1 aromatic heterocycles. The van der Waals surface area contributed by atoms with E-state index in [1.807, 2.05) is 20.2 Å². The maximum atomic E-state index is 10.2. The van der Waals surface area contributed by atoms with Crippen LogP contribution in [0.5, 0.6) is 0 Å². The van der Waals surface area contributed by atoms with Gasteiger partial charge in [-0.25, -0.2) is 0 Å². The SMILES string of the molecule is Cc1cnn(C)c1C(O)CCC1CCCCC1. The van der Waals surface area contributed by atoms with Gasteiger partial charge in [-0.2, -0.15) is 5.10 Å². The lowest BCUT2D eigenvalue weighted by Crippen LogP contribution is -2.11. The van der Waals surface area contributed by atoms with Crippen molar-refractivity contribution in [1.29, 1.82) is 0 Å². The molecule has 17 heavy (non-hydrogen) atoms. The number of aliphatic hydroxyl groups excluding tert-OH is 1. The molecule has 96 valence electrons. The third kappa shape index (κ3) is 3.09. The minimum atomic E-state index is -0.343. The van der Waals surface area contributed by atoms with Gasteiger partial charge < -0.3 is 5.11 Å². The van der Waals surface area contributed by atoms with Gasteiger partial charge in [-0.15, -0.1) is 0 Å². The molecule has 1 unspecified atom stereocenters. The Kier molecular flexibility index (Phi) is 4.21. The molecule has 0 amide bonds. The van der Waals surface area contributed by atoms with Gasteiger partial charge in [0.15, 0.2) is 0 Å². The molecule has 1 heterocycles. The van der Waals surface area contributed by atoms with Crippen LogP contribution in [0.4, 0.5) is 0 Å². The van der Waals surface area contributed by atoms with E-state index in [1.54, 1.807) is 4.68 Å². The Morgan fingerprint density at radius 1 is 1.41 bits per heavy atom. The van der Waals surface area contributed by atoms with Crippen molar-refractivity contribution in [2.24, 2.45) is 13.0 Å². The molecular formula is C14H24N2O. The first-order valence-electron chi connectivity index (χ1n) is 6.85. The molecule has 1 atom stereocenters. The van der Waals surface area contributed by atoms with E-state index in [-0.39, 0.29) is 6.10 Å². The van der Waals surface area contributed by atoms with Crippen LogP contribution in [0.2, 0.25) is 0 Å². The second kappa shape index (κ2) is 5.67. The summed E-state index contributed by atoms with van der Waals surface area (Å²) < 4.78 is 1.81. The Balaban J connectivity index is 1.86. The van der Waals surface area contributed by atoms with Crippen molar-refractivity contribution in [2.45, 2.75) is 58.0 Å². The van der Waals surface area contributed by atoms with Gasteiger partial charge in [0.1, 0.15) is 0 Å². The predicted molar refractivity (Wildman–Crippen MR) is 68.7 cm³/mol. The Morgan fingerprint density at radius 2 is 2.12 bits per heavy atom. The highest BCUT2D eigenvalue weighted by molar-refractivity contribution is 5.17. The first-order chi connectivity index (χ1) is 8.18. The summed E-state index contributed by atoms with van der Waals surface area (Å²) in [5.41, 5.74) is 2.09. The highest BCUT2D eigenvalue weighted by atomic mass is 16.3. The van der Waals surface area contributed by atoms with E-state index in [0.29, 0.717) is 0 Å². The van der Waals surface area contributed by atoms with Crippen molar-refractivity contribution in [2.75, 3.05) is 0 Å². The van der Waals surface area contributed by atoms with Crippen molar-refractivity contribution in [3.63, 3.8) is 0 Å². The van der Waals surface area contributed by atoms with Gasteiger partial charge in [-0.3, -0.25) is 4.68 Å². The molecule has 1 aromatic rings. The average Bonchev–Trinajstić information content (AvgIpc) is 2.67. The van der Waals surface area contributed by atoms with E-state index in [9.17, 15) is 5.11 Å².